The normalized spacial score (nSPS) is 20.1. The number of fused-ring (bicyclic) bond motifs is 1. The molecule has 19 heavy (non-hydrogen) atoms. The van der Waals surface area contributed by atoms with Crippen LogP contribution in [-0.4, -0.2) is 24.2 Å². The first-order valence-electron chi connectivity index (χ1n) is 6.80. The van der Waals surface area contributed by atoms with Crippen LogP contribution in [-0.2, 0) is 11.2 Å². The van der Waals surface area contributed by atoms with Crippen LogP contribution >= 0.6 is 23.1 Å². The minimum atomic E-state index is -0.0452. The lowest BCUT2D eigenvalue weighted by molar-refractivity contribution is -0.121. The molecule has 2 heterocycles. The predicted molar refractivity (Wildman–Crippen MR) is 83.7 cm³/mol. The van der Waals surface area contributed by atoms with Crippen molar-refractivity contribution in [2.45, 2.75) is 38.0 Å². The minimum Gasteiger partial charge on any atom is -0.351 e. The fourth-order valence-electron chi connectivity index (χ4n) is 2.42. The topological polar surface area (TPSA) is 55.1 Å². The van der Waals surface area contributed by atoms with Gasteiger partial charge in [-0.3, -0.25) is 4.79 Å². The van der Waals surface area contributed by atoms with Crippen molar-refractivity contribution in [2.75, 3.05) is 12.3 Å². The molecule has 0 spiro atoms. The standard InChI is InChI=1S/C14H22N2OS2/c1-9(2)7-10(8-15)16-14(17)13-11-3-5-18-12(11)4-6-19-13/h3,5,9-10,13H,4,6-8,15H2,1-2H3,(H,16,17). The second kappa shape index (κ2) is 6.77. The number of aryl methyl sites for hydroxylation is 1. The smallest absolute Gasteiger partial charge is 0.237 e. The van der Waals surface area contributed by atoms with Gasteiger partial charge >= 0.3 is 0 Å². The summed E-state index contributed by atoms with van der Waals surface area (Å²) in [6.07, 6.45) is 2.03. The van der Waals surface area contributed by atoms with Gasteiger partial charge in [0.25, 0.3) is 0 Å². The van der Waals surface area contributed by atoms with Gasteiger partial charge < -0.3 is 11.1 Å². The van der Waals surface area contributed by atoms with Crippen LogP contribution < -0.4 is 11.1 Å². The van der Waals surface area contributed by atoms with E-state index in [0.717, 1.165) is 18.6 Å². The molecule has 0 radical (unpaired) electrons. The van der Waals surface area contributed by atoms with Crippen molar-refractivity contribution in [3.8, 4) is 0 Å². The van der Waals surface area contributed by atoms with E-state index in [1.807, 2.05) is 0 Å². The number of nitrogens with one attached hydrogen (secondary N) is 1. The Morgan fingerprint density at radius 3 is 3.05 bits per heavy atom. The Balaban J connectivity index is 2.01. The predicted octanol–water partition coefficient (Wildman–Crippen LogP) is 2.57. The summed E-state index contributed by atoms with van der Waals surface area (Å²) in [6.45, 7) is 4.82. The number of thiophene rings is 1. The molecule has 0 saturated heterocycles. The van der Waals surface area contributed by atoms with E-state index in [4.69, 9.17) is 5.73 Å². The van der Waals surface area contributed by atoms with Gasteiger partial charge in [0.1, 0.15) is 5.25 Å². The number of nitrogens with two attached hydrogens (primary N) is 1. The molecule has 0 saturated carbocycles. The third kappa shape index (κ3) is 3.74. The van der Waals surface area contributed by atoms with E-state index in [-0.39, 0.29) is 17.2 Å². The van der Waals surface area contributed by atoms with Gasteiger partial charge in [-0.05, 0) is 41.5 Å². The van der Waals surface area contributed by atoms with E-state index in [9.17, 15) is 4.79 Å². The number of carbonyl (C=O) groups is 1. The first-order valence-corrected chi connectivity index (χ1v) is 8.73. The number of thioether (sulfide) groups is 1. The third-order valence-electron chi connectivity index (χ3n) is 3.30. The summed E-state index contributed by atoms with van der Waals surface area (Å²) in [7, 11) is 0. The van der Waals surface area contributed by atoms with E-state index in [1.54, 1.807) is 23.1 Å². The molecule has 0 aliphatic carbocycles. The first-order chi connectivity index (χ1) is 9.11. The minimum absolute atomic E-state index is 0.0452. The Labute approximate surface area is 123 Å². The lowest BCUT2D eigenvalue weighted by atomic mass is 10.0. The van der Waals surface area contributed by atoms with Crippen LogP contribution in [0.3, 0.4) is 0 Å². The molecule has 106 valence electrons. The first kappa shape index (κ1) is 14.9. The summed E-state index contributed by atoms with van der Waals surface area (Å²) in [5, 5.41) is 5.16. The molecular weight excluding hydrogens is 276 g/mol. The van der Waals surface area contributed by atoms with Gasteiger partial charge in [0.2, 0.25) is 5.91 Å². The van der Waals surface area contributed by atoms with Crippen molar-refractivity contribution in [3.05, 3.63) is 21.9 Å². The largest absolute Gasteiger partial charge is 0.351 e. The van der Waals surface area contributed by atoms with Crippen LogP contribution in [0.2, 0.25) is 0 Å². The average molecular weight is 298 g/mol. The highest BCUT2D eigenvalue weighted by Crippen LogP contribution is 2.39. The van der Waals surface area contributed by atoms with Crippen LogP contribution in [0.4, 0.5) is 0 Å². The Morgan fingerprint density at radius 2 is 2.37 bits per heavy atom. The fraction of sp³-hybridized carbons (Fsp3) is 0.643. The molecule has 3 N–H and O–H groups in total. The van der Waals surface area contributed by atoms with Crippen molar-refractivity contribution in [1.82, 2.24) is 5.32 Å². The molecule has 2 unspecified atom stereocenters. The molecule has 1 aliphatic rings. The molecule has 3 nitrogen and oxygen atoms in total. The fourth-order valence-corrected chi connectivity index (χ4v) is 4.73. The summed E-state index contributed by atoms with van der Waals surface area (Å²) in [6, 6.07) is 2.19. The van der Waals surface area contributed by atoms with Crippen LogP contribution in [0.1, 0.15) is 36.0 Å². The van der Waals surface area contributed by atoms with E-state index in [0.29, 0.717) is 12.5 Å². The summed E-state index contributed by atoms with van der Waals surface area (Å²) in [4.78, 5) is 13.8. The van der Waals surface area contributed by atoms with Gasteiger partial charge in [-0.25, -0.2) is 0 Å². The molecule has 1 amide bonds. The Kier molecular flexibility index (Phi) is 5.30. The summed E-state index contributed by atoms with van der Waals surface area (Å²) in [5.41, 5.74) is 6.96. The van der Waals surface area contributed by atoms with E-state index in [2.05, 4.69) is 30.6 Å². The Hall–Kier alpha value is -0.520. The van der Waals surface area contributed by atoms with Crippen molar-refractivity contribution >= 4 is 29.0 Å². The van der Waals surface area contributed by atoms with Crippen LogP contribution in [0.15, 0.2) is 11.4 Å². The monoisotopic (exact) mass is 298 g/mol. The number of carbonyl (C=O) groups excluding carboxylic acids is 1. The molecule has 0 aromatic carbocycles. The van der Waals surface area contributed by atoms with Gasteiger partial charge in [-0.2, -0.15) is 0 Å². The zero-order chi connectivity index (χ0) is 13.8. The van der Waals surface area contributed by atoms with Crippen LogP contribution in [0.5, 0.6) is 0 Å². The number of amides is 1. The van der Waals surface area contributed by atoms with E-state index < -0.39 is 0 Å². The maximum atomic E-state index is 12.4. The SMILES string of the molecule is CC(C)CC(CN)NC(=O)C1SCCc2sccc21. The molecule has 2 atom stereocenters. The molecular formula is C14H22N2OS2. The van der Waals surface area contributed by atoms with Gasteiger partial charge in [0.05, 0.1) is 0 Å². The highest BCUT2D eigenvalue weighted by molar-refractivity contribution is 8.00. The average Bonchev–Trinajstić information content (AvgIpc) is 2.85. The zero-order valence-corrected chi connectivity index (χ0v) is 13.2. The molecule has 0 bridgehead atoms. The molecule has 0 fully saturated rings. The lowest BCUT2D eigenvalue weighted by Gasteiger charge is -2.25. The van der Waals surface area contributed by atoms with Crippen LogP contribution in [0, 0.1) is 5.92 Å². The lowest BCUT2D eigenvalue weighted by Crippen LogP contribution is -2.43. The van der Waals surface area contributed by atoms with Gasteiger partial charge in [-0.1, -0.05) is 13.8 Å². The Morgan fingerprint density at radius 1 is 1.58 bits per heavy atom. The maximum absolute atomic E-state index is 12.4. The second-order valence-corrected chi connectivity index (χ2v) is 7.58. The third-order valence-corrected chi connectivity index (χ3v) is 5.54. The molecule has 1 aromatic heterocycles. The van der Waals surface area contributed by atoms with Crippen molar-refractivity contribution in [3.63, 3.8) is 0 Å². The maximum Gasteiger partial charge on any atom is 0.237 e. The highest BCUT2D eigenvalue weighted by atomic mass is 32.2. The molecule has 5 heteroatoms. The van der Waals surface area contributed by atoms with Crippen molar-refractivity contribution < 1.29 is 4.79 Å². The van der Waals surface area contributed by atoms with Crippen molar-refractivity contribution in [1.29, 1.82) is 0 Å². The van der Waals surface area contributed by atoms with Gasteiger partial charge in [-0.15, -0.1) is 23.1 Å². The second-order valence-electron chi connectivity index (χ2n) is 5.37. The molecule has 1 aromatic rings. The number of rotatable bonds is 5. The summed E-state index contributed by atoms with van der Waals surface area (Å²) < 4.78 is 0. The Bertz CT molecular complexity index is 431. The highest BCUT2D eigenvalue weighted by Gasteiger charge is 2.29. The summed E-state index contributed by atoms with van der Waals surface area (Å²) in [5.74, 6) is 1.70. The molecule has 1 aliphatic heterocycles. The summed E-state index contributed by atoms with van der Waals surface area (Å²) >= 11 is 3.51. The van der Waals surface area contributed by atoms with Gasteiger partial charge in [0.15, 0.2) is 0 Å². The molecule has 2 rings (SSSR count). The van der Waals surface area contributed by atoms with E-state index in [1.165, 1.54) is 10.4 Å². The van der Waals surface area contributed by atoms with Gasteiger partial charge in [0, 0.05) is 17.5 Å². The van der Waals surface area contributed by atoms with Crippen LogP contribution in [0.25, 0.3) is 0 Å². The van der Waals surface area contributed by atoms with E-state index >= 15 is 0 Å². The number of hydrogen-bond acceptors (Lipinski definition) is 4. The quantitative estimate of drug-likeness (QED) is 0.878. The zero-order valence-electron chi connectivity index (χ0n) is 11.5. The van der Waals surface area contributed by atoms with Crippen molar-refractivity contribution in [2.24, 2.45) is 11.7 Å². The number of hydrogen-bond donors (Lipinski definition) is 2.